The number of anilines is 2. The number of ketones is 2. The number of Topliss-reactive ketones (excluding diaryl/α,β-unsaturated/α-hetero) is 2. The number of piperidine rings is 2. The Balaban J connectivity index is 0.000000185. The van der Waals surface area contributed by atoms with Crippen molar-refractivity contribution in [1.82, 2.24) is 39.7 Å². The minimum absolute atomic E-state index is 0.00586. The van der Waals surface area contributed by atoms with Gasteiger partial charge in [0.2, 0.25) is 23.7 Å². The molecule has 2 aliphatic carbocycles. The van der Waals surface area contributed by atoms with E-state index in [1.807, 2.05) is 140 Å². The zero-order valence-corrected chi connectivity index (χ0v) is 53.3. The summed E-state index contributed by atoms with van der Waals surface area (Å²) in [4.78, 5) is 82.2. The molecule has 6 heterocycles. The van der Waals surface area contributed by atoms with E-state index >= 15 is 0 Å². The van der Waals surface area contributed by atoms with Crippen LogP contribution in [0.3, 0.4) is 0 Å². The van der Waals surface area contributed by atoms with Crippen molar-refractivity contribution in [2.75, 3.05) is 36.8 Å². The fourth-order valence-corrected chi connectivity index (χ4v) is 12.0. The minimum Gasteiger partial charge on any atom is -0.444 e. The Kier molecular flexibility index (Phi) is 18.5. The minimum atomic E-state index is -0.542. The molecule has 18 nitrogen and oxygen atoms in total. The predicted molar refractivity (Wildman–Crippen MR) is 349 cm³/mol. The molecule has 18 heteroatoms. The molecule has 4 fully saturated rings. The van der Waals surface area contributed by atoms with Crippen LogP contribution in [-0.4, -0.2) is 113 Å². The molecule has 4 aliphatic rings. The molecule has 0 bridgehead atoms. The first-order valence-electron chi connectivity index (χ1n) is 31.6. The fraction of sp³-hybridized carbons (Fsp3) is 0.417. The summed E-state index contributed by atoms with van der Waals surface area (Å²) in [5.41, 5.74) is 5.67. The normalized spacial score (nSPS) is 19.7. The molecular weight excluding hydrogens is 1130 g/mol. The van der Waals surface area contributed by atoms with Crippen molar-refractivity contribution in [1.29, 1.82) is 0 Å². The average Bonchev–Trinajstić information content (AvgIpc) is 1.91. The summed E-state index contributed by atoms with van der Waals surface area (Å²) in [5.74, 6) is 5.19. The Morgan fingerprint density at radius 1 is 0.511 bits per heavy atom. The number of likely N-dealkylation sites (tertiary alicyclic amines) is 2. The summed E-state index contributed by atoms with van der Waals surface area (Å²) < 4.78 is 24.3. The number of benzene rings is 4. The summed E-state index contributed by atoms with van der Waals surface area (Å²) in [6.45, 7) is 21.9. The highest BCUT2D eigenvalue weighted by Crippen LogP contribution is 2.43. The van der Waals surface area contributed by atoms with Crippen LogP contribution in [0, 0.1) is 37.5 Å². The third-order valence-electron chi connectivity index (χ3n) is 17.0. The van der Waals surface area contributed by atoms with Crippen LogP contribution < -0.4 is 20.1 Å². The van der Waals surface area contributed by atoms with E-state index in [1.165, 1.54) is 0 Å². The highest BCUT2D eigenvalue weighted by Gasteiger charge is 2.40. The molecule has 90 heavy (non-hydrogen) atoms. The van der Waals surface area contributed by atoms with Crippen molar-refractivity contribution in [2.24, 2.45) is 23.7 Å². The molecule has 8 aromatic rings. The van der Waals surface area contributed by atoms with Gasteiger partial charge in [0.25, 0.3) is 0 Å². The topological polar surface area (TPSA) is 213 Å². The molecule has 468 valence electrons. The number of rotatable bonds is 16. The van der Waals surface area contributed by atoms with E-state index in [1.54, 1.807) is 34.6 Å². The van der Waals surface area contributed by atoms with Crippen LogP contribution in [-0.2, 0) is 31.9 Å². The van der Waals surface area contributed by atoms with Crippen molar-refractivity contribution < 1.29 is 38.1 Å². The van der Waals surface area contributed by atoms with Crippen molar-refractivity contribution in [2.45, 2.75) is 144 Å². The fourth-order valence-electron chi connectivity index (χ4n) is 12.0. The van der Waals surface area contributed by atoms with E-state index in [0.717, 1.165) is 93.5 Å². The number of nitrogens with one attached hydrogen (secondary N) is 2. The van der Waals surface area contributed by atoms with Gasteiger partial charge in [0.15, 0.2) is 0 Å². The van der Waals surface area contributed by atoms with Gasteiger partial charge in [0, 0.05) is 98.5 Å². The van der Waals surface area contributed by atoms with Crippen molar-refractivity contribution >= 4 is 57.2 Å². The van der Waals surface area contributed by atoms with E-state index in [0.29, 0.717) is 109 Å². The van der Waals surface area contributed by atoms with Crippen molar-refractivity contribution in [3.63, 3.8) is 0 Å². The molecule has 2 saturated carbocycles. The number of nitrogens with zero attached hydrogens (tertiary/aromatic N) is 8. The second-order valence-electron chi connectivity index (χ2n) is 26.6. The largest absolute Gasteiger partial charge is 0.444 e. The molecular formula is C72H82N10O8. The quantitative estimate of drug-likeness (QED) is 0.0920. The Bertz CT molecular complexity index is 3720. The molecule has 0 unspecified atom stereocenters. The molecule has 4 aromatic carbocycles. The van der Waals surface area contributed by atoms with Gasteiger partial charge in [-0.15, -0.1) is 0 Å². The summed E-state index contributed by atoms with van der Waals surface area (Å²) >= 11 is 0. The number of aryl methyl sites for hydroxylation is 2. The molecule has 12 rings (SSSR count). The van der Waals surface area contributed by atoms with Gasteiger partial charge in [-0.05, 0) is 175 Å². The van der Waals surface area contributed by atoms with E-state index in [9.17, 15) is 19.2 Å². The summed E-state index contributed by atoms with van der Waals surface area (Å²) in [6, 6.07) is 31.6. The van der Waals surface area contributed by atoms with Gasteiger partial charge < -0.3 is 39.4 Å². The van der Waals surface area contributed by atoms with Crippen molar-refractivity contribution in [3.05, 3.63) is 144 Å². The highest BCUT2D eigenvalue weighted by atomic mass is 16.6. The lowest BCUT2D eigenvalue weighted by Gasteiger charge is -2.34. The molecule has 2 N–H and O–H groups in total. The molecule has 2 aliphatic heterocycles. The van der Waals surface area contributed by atoms with Crippen LogP contribution in [0.5, 0.6) is 23.3 Å². The number of amides is 2. The number of ether oxygens (including phenoxy) is 4. The number of carbonyl (C=O) groups is 4. The molecule has 0 radical (unpaired) electrons. The van der Waals surface area contributed by atoms with Crippen LogP contribution in [0.1, 0.15) is 116 Å². The number of fused-ring (bicyclic) bond motifs is 2. The van der Waals surface area contributed by atoms with Gasteiger partial charge >= 0.3 is 12.2 Å². The lowest BCUT2D eigenvalue weighted by molar-refractivity contribution is -0.120. The molecule has 2 amide bonds. The summed E-state index contributed by atoms with van der Waals surface area (Å²) in [5, 5.41) is 10.7. The van der Waals surface area contributed by atoms with E-state index < -0.39 is 11.2 Å². The van der Waals surface area contributed by atoms with Crippen LogP contribution in [0.4, 0.5) is 21.5 Å². The van der Waals surface area contributed by atoms with Gasteiger partial charge in [-0.3, -0.25) is 9.59 Å². The zero-order valence-electron chi connectivity index (χ0n) is 53.3. The Morgan fingerprint density at radius 3 is 1.31 bits per heavy atom. The van der Waals surface area contributed by atoms with Gasteiger partial charge in [0.1, 0.15) is 34.3 Å². The SMILES string of the molecule is Cc1ccc2c(CC(=O)[C@@H]3C[C@@H]3C)cccc2c1Oc1ncccc1-c1ccnc(N[C@H]2CCCN(C(=O)OC(C)(C)C)C2)n1.Cc1ccc2c(CC(=O)[C@H]3C[C@H]3C)cccc2c1Oc1ncccc1-c1ccnc(N[C@H]2CCCN(C(=O)OC(C)(C)C)C2)n1. The predicted octanol–water partition coefficient (Wildman–Crippen LogP) is 14.7. The number of pyridine rings is 2. The maximum atomic E-state index is 12.8. The number of carbonyl (C=O) groups excluding carboxylic acids is 4. The Morgan fingerprint density at radius 2 is 0.922 bits per heavy atom. The van der Waals surface area contributed by atoms with Crippen LogP contribution in [0.2, 0.25) is 0 Å². The van der Waals surface area contributed by atoms with Gasteiger partial charge in [-0.25, -0.2) is 39.5 Å². The zero-order chi connectivity index (χ0) is 63.4. The number of aromatic nitrogens is 6. The smallest absolute Gasteiger partial charge is 0.410 e. The highest BCUT2D eigenvalue weighted by molar-refractivity contribution is 5.97. The first-order chi connectivity index (χ1) is 43.1. The van der Waals surface area contributed by atoms with Crippen LogP contribution in [0.15, 0.2) is 122 Å². The van der Waals surface area contributed by atoms with E-state index in [2.05, 4.69) is 56.5 Å². The first-order valence-corrected chi connectivity index (χ1v) is 31.6. The third kappa shape index (κ3) is 15.3. The molecule has 0 spiro atoms. The second kappa shape index (κ2) is 26.6. The Hall–Kier alpha value is -9.06. The van der Waals surface area contributed by atoms with Crippen LogP contribution in [0.25, 0.3) is 44.1 Å². The summed E-state index contributed by atoms with van der Waals surface area (Å²) in [6.07, 6.45) is 12.6. The van der Waals surface area contributed by atoms with E-state index in [4.69, 9.17) is 28.9 Å². The second-order valence-corrected chi connectivity index (χ2v) is 26.6. The first kappa shape index (κ1) is 62.5. The standard InChI is InChI=1S/2C36H41N5O4/c2*1-22-13-14-26-24(20-31(42)29-19-23(29)2)9-6-11-27(26)32(22)44-33-28(12-7-16-37-33)30-15-17-38-34(40-30)39-25-10-8-18-41(21-25)35(43)45-36(3,4)5/h2*6-7,9,11-17,23,25,29H,8,10,18-21H2,1-5H3,(H,38,39,40)/t23-,25+,29+;23-,25-,29+/m10/s1. The maximum absolute atomic E-state index is 12.8. The van der Waals surface area contributed by atoms with E-state index in [-0.39, 0.29) is 36.1 Å². The van der Waals surface area contributed by atoms with Gasteiger partial charge in [-0.1, -0.05) is 74.5 Å². The van der Waals surface area contributed by atoms with Crippen molar-refractivity contribution in [3.8, 4) is 45.8 Å². The van der Waals surface area contributed by atoms with Gasteiger partial charge in [-0.2, -0.15) is 0 Å². The summed E-state index contributed by atoms with van der Waals surface area (Å²) in [7, 11) is 0. The van der Waals surface area contributed by atoms with Gasteiger partial charge in [0.05, 0.1) is 22.5 Å². The molecule has 4 aromatic heterocycles. The monoisotopic (exact) mass is 1210 g/mol. The number of hydrogen-bond acceptors (Lipinski definition) is 16. The lowest BCUT2D eigenvalue weighted by Crippen LogP contribution is -2.47. The number of hydrogen-bond donors (Lipinski definition) is 2. The molecule has 6 atom stereocenters. The third-order valence-corrected chi connectivity index (χ3v) is 17.0. The van der Waals surface area contributed by atoms with Crippen LogP contribution >= 0.6 is 0 Å². The maximum Gasteiger partial charge on any atom is 0.410 e. The molecule has 2 saturated heterocycles. The average molecular weight is 1220 g/mol. The Labute approximate surface area is 527 Å². The lowest BCUT2D eigenvalue weighted by atomic mass is 9.96.